The van der Waals surface area contributed by atoms with Crippen LogP contribution in [0.25, 0.3) is 0 Å². The summed E-state index contributed by atoms with van der Waals surface area (Å²) in [5.74, 6) is -0.194. The third-order valence-electron chi connectivity index (χ3n) is 4.30. The molecule has 1 fully saturated rings. The van der Waals surface area contributed by atoms with Crippen LogP contribution in [0.3, 0.4) is 0 Å². The molecule has 25 heavy (non-hydrogen) atoms. The van der Waals surface area contributed by atoms with Gasteiger partial charge in [0.25, 0.3) is 5.91 Å². The molecule has 1 N–H and O–H groups in total. The Kier molecular flexibility index (Phi) is 5.20. The van der Waals surface area contributed by atoms with Crippen LogP contribution >= 0.6 is 0 Å². The van der Waals surface area contributed by atoms with E-state index in [2.05, 4.69) is 5.32 Å². The van der Waals surface area contributed by atoms with Gasteiger partial charge in [-0.2, -0.15) is 0 Å². The molecule has 2 aromatic rings. The van der Waals surface area contributed by atoms with E-state index in [1.807, 2.05) is 25.1 Å². The Balaban J connectivity index is 1.82. The van der Waals surface area contributed by atoms with E-state index in [-0.39, 0.29) is 22.6 Å². The summed E-state index contributed by atoms with van der Waals surface area (Å²) in [5.41, 5.74) is 1.15. The maximum Gasteiger partial charge on any atom is 0.253 e. The number of sulfone groups is 1. The van der Waals surface area contributed by atoms with Crippen LogP contribution in [0.5, 0.6) is 0 Å². The minimum absolute atomic E-state index is 0.0733. The molecule has 2 aromatic carbocycles. The first kappa shape index (κ1) is 17.6. The van der Waals surface area contributed by atoms with Crippen molar-refractivity contribution in [2.75, 3.05) is 19.6 Å². The number of rotatable bonds is 4. The summed E-state index contributed by atoms with van der Waals surface area (Å²) in [6.07, 6.45) is 0. The maximum absolute atomic E-state index is 12.7. The number of piperazine rings is 1. The third kappa shape index (κ3) is 4.27. The minimum Gasteiger partial charge on any atom is -0.336 e. The Morgan fingerprint density at radius 3 is 2.64 bits per heavy atom. The molecule has 0 unspecified atom stereocenters. The monoisotopic (exact) mass is 358 g/mol. The molecule has 5 nitrogen and oxygen atoms in total. The molecule has 1 amide bonds. The Morgan fingerprint density at radius 1 is 1.16 bits per heavy atom. The number of amides is 1. The lowest BCUT2D eigenvalue weighted by Gasteiger charge is -2.32. The quantitative estimate of drug-likeness (QED) is 0.909. The maximum atomic E-state index is 12.7. The molecule has 1 saturated heterocycles. The zero-order valence-electron chi connectivity index (χ0n) is 14.2. The largest absolute Gasteiger partial charge is 0.336 e. The van der Waals surface area contributed by atoms with Crippen LogP contribution < -0.4 is 5.32 Å². The van der Waals surface area contributed by atoms with Crippen molar-refractivity contribution in [3.63, 3.8) is 0 Å². The smallest absolute Gasteiger partial charge is 0.253 e. The van der Waals surface area contributed by atoms with Gasteiger partial charge in [0.15, 0.2) is 9.84 Å². The van der Waals surface area contributed by atoms with Crippen LogP contribution in [0, 0.1) is 0 Å². The van der Waals surface area contributed by atoms with E-state index >= 15 is 0 Å². The lowest BCUT2D eigenvalue weighted by atomic mass is 10.1. The zero-order chi connectivity index (χ0) is 17.9. The van der Waals surface area contributed by atoms with Crippen molar-refractivity contribution in [3.05, 3.63) is 65.7 Å². The molecule has 1 atom stereocenters. The number of carbonyl (C=O) groups is 1. The van der Waals surface area contributed by atoms with E-state index in [0.717, 1.165) is 12.1 Å². The second kappa shape index (κ2) is 7.37. The highest BCUT2D eigenvalue weighted by Crippen LogP contribution is 2.19. The predicted octanol–water partition coefficient (Wildman–Crippen LogP) is 2.09. The van der Waals surface area contributed by atoms with Crippen molar-refractivity contribution in [3.8, 4) is 0 Å². The van der Waals surface area contributed by atoms with E-state index in [1.54, 1.807) is 35.2 Å². The summed E-state index contributed by atoms with van der Waals surface area (Å²) >= 11 is 0. The van der Waals surface area contributed by atoms with Crippen LogP contribution in [0.1, 0.15) is 22.8 Å². The Bertz CT molecular complexity index is 850. The fourth-order valence-corrected chi connectivity index (χ4v) is 4.39. The molecule has 1 aliphatic heterocycles. The second-order valence-electron chi connectivity index (χ2n) is 6.38. The van der Waals surface area contributed by atoms with Gasteiger partial charge in [0.2, 0.25) is 0 Å². The molecule has 0 bridgehead atoms. The first-order valence-corrected chi connectivity index (χ1v) is 10.0. The fourth-order valence-electron chi connectivity index (χ4n) is 3.00. The zero-order valence-corrected chi connectivity index (χ0v) is 15.0. The van der Waals surface area contributed by atoms with Crippen molar-refractivity contribution in [2.45, 2.75) is 23.6 Å². The van der Waals surface area contributed by atoms with E-state index in [0.29, 0.717) is 18.7 Å². The molecule has 0 aromatic heterocycles. The first-order valence-electron chi connectivity index (χ1n) is 8.35. The van der Waals surface area contributed by atoms with Crippen molar-refractivity contribution >= 4 is 15.7 Å². The highest BCUT2D eigenvalue weighted by atomic mass is 32.2. The lowest BCUT2D eigenvalue weighted by Crippen LogP contribution is -2.51. The van der Waals surface area contributed by atoms with Gasteiger partial charge >= 0.3 is 0 Å². The number of hydrogen-bond donors (Lipinski definition) is 1. The molecule has 0 aliphatic carbocycles. The van der Waals surface area contributed by atoms with Gasteiger partial charge in [0, 0.05) is 31.2 Å². The molecule has 3 rings (SSSR count). The summed E-state index contributed by atoms with van der Waals surface area (Å²) in [6, 6.07) is 15.7. The molecular weight excluding hydrogens is 336 g/mol. The van der Waals surface area contributed by atoms with Crippen LogP contribution in [0.2, 0.25) is 0 Å². The second-order valence-corrected chi connectivity index (χ2v) is 8.37. The van der Waals surface area contributed by atoms with Crippen molar-refractivity contribution in [1.82, 2.24) is 10.2 Å². The third-order valence-corrected chi connectivity index (χ3v) is 5.98. The van der Waals surface area contributed by atoms with Crippen LogP contribution in [0.4, 0.5) is 0 Å². The van der Waals surface area contributed by atoms with Crippen molar-refractivity contribution in [2.24, 2.45) is 0 Å². The number of hydrogen-bond acceptors (Lipinski definition) is 4. The molecule has 0 saturated carbocycles. The molecule has 0 spiro atoms. The van der Waals surface area contributed by atoms with Gasteiger partial charge in [-0.05, 0) is 30.7 Å². The average molecular weight is 358 g/mol. The van der Waals surface area contributed by atoms with Crippen LogP contribution in [-0.2, 0) is 15.6 Å². The van der Waals surface area contributed by atoms with E-state index < -0.39 is 9.84 Å². The summed E-state index contributed by atoms with van der Waals surface area (Å²) in [4.78, 5) is 14.6. The van der Waals surface area contributed by atoms with Gasteiger partial charge in [0.05, 0.1) is 10.6 Å². The standard InChI is InChI=1S/C19H22N2O3S/c1-15-13-21(11-10-20-15)19(22)17-8-5-9-18(12-17)25(23,24)14-16-6-3-2-4-7-16/h2-9,12,15,20H,10-11,13-14H2,1H3/t15-/m1/s1. The topological polar surface area (TPSA) is 66.5 Å². The number of benzene rings is 2. The molecule has 1 aliphatic rings. The van der Waals surface area contributed by atoms with E-state index in [1.165, 1.54) is 6.07 Å². The van der Waals surface area contributed by atoms with Gasteiger partial charge in [-0.25, -0.2) is 8.42 Å². The predicted molar refractivity (Wildman–Crippen MR) is 97.1 cm³/mol. The molecular formula is C19H22N2O3S. The van der Waals surface area contributed by atoms with Crippen molar-refractivity contribution in [1.29, 1.82) is 0 Å². The highest BCUT2D eigenvalue weighted by molar-refractivity contribution is 7.90. The first-order chi connectivity index (χ1) is 12.0. The van der Waals surface area contributed by atoms with Crippen LogP contribution in [0.15, 0.2) is 59.5 Å². The highest BCUT2D eigenvalue weighted by Gasteiger charge is 2.23. The summed E-state index contributed by atoms with van der Waals surface area (Å²) < 4.78 is 25.3. The average Bonchev–Trinajstić information content (AvgIpc) is 2.62. The summed E-state index contributed by atoms with van der Waals surface area (Å²) in [6.45, 7) is 4.03. The Hall–Kier alpha value is -2.18. The Morgan fingerprint density at radius 2 is 1.92 bits per heavy atom. The van der Waals surface area contributed by atoms with Gasteiger partial charge in [-0.1, -0.05) is 36.4 Å². The number of nitrogens with zero attached hydrogens (tertiary/aromatic N) is 1. The van der Waals surface area contributed by atoms with Gasteiger partial charge in [0.1, 0.15) is 0 Å². The lowest BCUT2D eigenvalue weighted by molar-refractivity contribution is 0.0709. The van der Waals surface area contributed by atoms with Gasteiger partial charge < -0.3 is 10.2 Å². The number of nitrogens with one attached hydrogen (secondary N) is 1. The van der Waals surface area contributed by atoms with E-state index in [9.17, 15) is 13.2 Å². The normalized spacial score (nSPS) is 18.1. The molecule has 0 radical (unpaired) electrons. The van der Waals surface area contributed by atoms with Crippen LogP contribution in [-0.4, -0.2) is 44.9 Å². The Labute approximate surface area is 148 Å². The summed E-state index contributed by atoms with van der Waals surface area (Å²) in [7, 11) is -3.49. The summed E-state index contributed by atoms with van der Waals surface area (Å²) in [5, 5.41) is 3.29. The minimum atomic E-state index is -3.49. The van der Waals surface area contributed by atoms with Gasteiger partial charge in [-0.15, -0.1) is 0 Å². The molecule has 1 heterocycles. The fraction of sp³-hybridized carbons (Fsp3) is 0.316. The van der Waals surface area contributed by atoms with Crippen molar-refractivity contribution < 1.29 is 13.2 Å². The molecule has 132 valence electrons. The number of carbonyl (C=O) groups excluding carboxylic acids is 1. The molecule has 6 heteroatoms. The SMILES string of the molecule is C[C@@H]1CN(C(=O)c2cccc(S(=O)(=O)Cc3ccccc3)c2)CCN1. The van der Waals surface area contributed by atoms with Gasteiger partial charge in [-0.3, -0.25) is 4.79 Å². The van der Waals surface area contributed by atoms with E-state index in [4.69, 9.17) is 0 Å².